The number of fused-ring (bicyclic) bond motifs is 3. The van der Waals surface area contributed by atoms with Gasteiger partial charge in [0.2, 0.25) is 10.0 Å². The Morgan fingerprint density at radius 2 is 1.23 bits per heavy atom. The second kappa shape index (κ2) is 14.6. The maximum atomic E-state index is 14.0. The summed E-state index contributed by atoms with van der Waals surface area (Å²) in [4.78, 5) is 62.6. The van der Waals surface area contributed by atoms with Crippen LogP contribution in [0, 0.1) is 0 Å². The molecule has 0 saturated carbocycles. The zero-order valence-electron chi connectivity index (χ0n) is 26.5. The lowest BCUT2D eigenvalue weighted by Gasteiger charge is -2.26. The number of anilines is 1. The quantitative estimate of drug-likeness (QED) is 0.0606. The van der Waals surface area contributed by atoms with E-state index in [1.807, 2.05) is 0 Å². The Morgan fingerprint density at radius 1 is 0.717 bits per heavy atom. The fourth-order valence-electron chi connectivity index (χ4n) is 6.45. The fourth-order valence-corrected chi connectivity index (χ4v) is 9.63. The highest BCUT2D eigenvalue weighted by molar-refractivity contribution is 7.89. The summed E-state index contributed by atoms with van der Waals surface area (Å²) in [6, 6.07) is 5.05. The second-order valence-corrected chi connectivity index (χ2v) is 16.9. The van der Waals surface area contributed by atoms with Crippen LogP contribution < -0.4 is 9.62 Å². The van der Waals surface area contributed by atoms with Gasteiger partial charge < -0.3 is 4.74 Å². The number of sulfonamides is 1. The van der Waals surface area contributed by atoms with Gasteiger partial charge in [-0.3, -0.25) is 24.1 Å². The van der Waals surface area contributed by atoms with Gasteiger partial charge in [-0.05, 0) is 31.2 Å². The van der Waals surface area contributed by atoms with Gasteiger partial charge in [0.25, 0.3) is 11.8 Å². The van der Waals surface area contributed by atoms with Crippen molar-refractivity contribution in [3.05, 3.63) is 92.4 Å². The summed E-state index contributed by atoms with van der Waals surface area (Å²) in [6.45, 7) is 3.34. The fraction of sp³-hybridized carbons (Fsp3) is 0.242. The molecule has 11 nitrogen and oxygen atoms in total. The van der Waals surface area contributed by atoms with E-state index in [1.165, 1.54) is 18.2 Å². The predicted octanol–water partition coefficient (Wildman–Crippen LogP) is 8.43. The van der Waals surface area contributed by atoms with Crippen molar-refractivity contribution in [2.75, 3.05) is 44.3 Å². The molecule has 3 aromatic carbocycles. The Kier molecular flexibility index (Phi) is 10.8. The lowest BCUT2D eigenvalue weighted by molar-refractivity contribution is 0.0376. The molecule has 3 heterocycles. The van der Waals surface area contributed by atoms with Gasteiger partial charge in [0, 0.05) is 25.0 Å². The van der Waals surface area contributed by atoms with E-state index in [0.29, 0.717) is 31.1 Å². The molecular formula is C33H20Cl8N4O7S. The molecule has 276 valence electrons. The minimum absolute atomic E-state index is 0.0745. The van der Waals surface area contributed by atoms with Crippen LogP contribution in [0.15, 0.2) is 29.2 Å². The number of carbonyl (C=O) groups excluding carboxylic acids is 4. The third kappa shape index (κ3) is 6.42. The van der Waals surface area contributed by atoms with Crippen molar-refractivity contribution >= 4 is 143 Å². The number of amides is 2. The van der Waals surface area contributed by atoms with Gasteiger partial charge in [0.1, 0.15) is 5.92 Å². The molecular weight excluding hydrogens is 880 g/mol. The number of hydrogen-bond donors (Lipinski definition) is 1. The number of pyridine rings is 1. The lowest BCUT2D eigenvalue weighted by Crippen LogP contribution is -2.38. The first kappa shape index (κ1) is 39.0. The Morgan fingerprint density at radius 3 is 1.75 bits per heavy atom. The molecule has 0 unspecified atom stereocenters. The Labute approximate surface area is 341 Å². The molecule has 1 N–H and O–H groups in total. The number of imide groups is 1. The molecule has 2 aliphatic heterocycles. The number of aromatic nitrogens is 1. The SMILES string of the molecule is O=C1c2c(Cl)c(Cl)c(Cl)c(Cl)c2C(=O)C1c1ccc2cc(S(=O)(=O)NCCCN3CCOCC3)cc(N3C(=O)c4c(Cl)c(Cl)c(Cl)c(Cl)c4C3=O)c2n1. The van der Waals surface area contributed by atoms with E-state index in [9.17, 15) is 27.6 Å². The zero-order chi connectivity index (χ0) is 38.3. The first-order valence-corrected chi connectivity index (χ1v) is 20.0. The van der Waals surface area contributed by atoms with Gasteiger partial charge in [-0.1, -0.05) is 98.9 Å². The molecule has 4 aromatic rings. The van der Waals surface area contributed by atoms with Crippen LogP contribution in [-0.2, 0) is 14.8 Å². The number of ether oxygens (including phenoxy) is 1. The summed E-state index contributed by atoms with van der Waals surface area (Å²) in [6.07, 6.45) is 0.484. The van der Waals surface area contributed by atoms with Crippen LogP contribution in [0.4, 0.5) is 5.69 Å². The monoisotopic (exact) mass is 896 g/mol. The van der Waals surface area contributed by atoms with Crippen molar-refractivity contribution in [3.8, 4) is 0 Å². The molecule has 0 bridgehead atoms. The van der Waals surface area contributed by atoms with Crippen molar-refractivity contribution in [2.24, 2.45) is 0 Å². The van der Waals surface area contributed by atoms with Crippen LogP contribution in [0.25, 0.3) is 10.9 Å². The summed E-state index contributed by atoms with van der Waals surface area (Å²) >= 11 is 50.3. The number of carbonyl (C=O) groups is 4. The number of hydrogen-bond acceptors (Lipinski definition) is 9. The number of morpholine rings is 1. The summed E-state index contributed by atoms with van der Waals surface area (Å²) in [7, 11) is -4.26. The molecule has 1 fully saturated rings. The number of benzene rings is 3. The maximum Gasteiger partial charge on any atom is 0.267 e. The molecule has 1 saturated heterocycles. The standard InChI is InChI=1S/C33H20Cl8N4O7S/c34-21-17-18(22(35)26(39)25(21)38)31(47)16(30(17)46)14-3-2-12-10-13(53(50,51)42-4-1-5-44-6-8-52-9-7-44)11-15(29(12)43-14)45-32(48)19-20(33(45)49)24(37)28(41)27(40)23(19)36/h2-3,10-11,16,42H,1,4-9H2. The van der Waals surface area contributed by atoms with Crippen LogP contribution >= 0.6 is 92.8 Å². The average molecular weight is 900 g/mol. The van der Waals surface area contributed by atoms with E-state index < -0.39 is 39.3 Å². The van der Waals surface area contributed by atoms with Crippen LogP contribution in [0.5, 0.6) is 0 Å². The number of nitrogens with one attached hydrogen (secondary N) is 1. The molecule has 20 heteroatoms. The molecule has 2 amide bonds. The molecule has 1 aliphatic carbocycles. The van der Waals surface area contributed by atoms with Crippen LogP contribution in [0.1, 0.15) is 59.5 Å². The third-order valence-electron chi connectivity index (χ3n) is 9.05. The van der Waals surface area contributed by atoms with Crippen molar-refractivity contribution in [3.63, 3.8) is 0 Å². The van der Waals surface area contributed by atoms with Gasteiger partial charge in [0.05, 0.1) is 97.4 Å². The molecule has 0 atom stereocenters. The molecule has 0 spiro atoms. The van der Waals surface area contributed by atoms with Crippen LogP contribution in [0.2, 0.25) is 40.2 Å². The summed E-state index contributed by atoms with van der Waals surface area (Å²) < 4.78 is 35.3. The number of rotatable bonds is 8. The Bertz CT molecular complexity index is 2360. The minimum atomic E-state index is -4.26. The van der Waals surface area contributed by atoms with Crippen LogP contribution in [0.3, 0.4) is 0 Å². The van der Waals surface area contributed by atoms with E-state index in [1.54, 1.807) is 0 Å². The van der Waals surface area contributed by atoms with E-state index in [4.69, 9.17) is 97.5 Å². The van der Waals surface area contributed by atoms with E-state index in [0.717, 1.165) is 19.2 Å². The number of nitrogens with zero attached hydrogens (tertiary/aromatic N) is 3. The average Bonchev–Trinajstić information content (AvgIpc) is 3.56. The zero-order valence-corrected chi connectivity index (χ0v) is 33.3. The van der Waals surface area contributed by atoms with E-state index >= 15 is 0 Å². The van der Waals surface area contributed by atoms with E-state index in [2.05, 4.69) is 14.6 Å². The highest BCUT2D eigenvalue weighted by atomic mass is 35.5. The Balaban J connectivity index is 1.34. The van der Waals surface area contributed by atoms with Crippen molar-refractivity contribution in [1.29, 1.82) is 0 Å². The molecule has 0 radical (unpaired) electrons. The molecule has 1 aromatic heterocycles. The number of halogens is 8. The van der Waals surface area contributed by atoms with Gasteiger partial charge in [-0.2, -0.15) is 0 Å². The molecule has 7 rings (SSSR count). The lowest BCUT2D eigenvalue weighted by atomic mass is 9.98. The first-order chi connectivity index (χ1) is 25.1. The topological polar surface area (TPSA) is 143 Å². The largest absolute Gasteiger partial charge is 0.379 e. The van der Waals surface area contributed by atoms with Gasteiger partial charge >= 0.3 is 0 Å². The number of Topliss-reactive ketones (excluding diaryl/α,β-unsaturated/α-hetero) is 2. The second-order valence-electron chi connectivity index (χ2n) is 12.1. The van der Waals surface area contributed by atoms with Crippen LogP contribution in [-0.4, -0.2) is 81.1 Å². The van der Waals surface area contributed by atoms with Crippen molar-refractivity contribution in [2.45, 2.75) is 17.2 Å². The normalized spacial score (nSPS) is 16.7. The van der Waals surface area contributed by atoms with Gasteiger partial charge in [0.15, 0.2) is 11.6 Å². The summed E-state index contributed by atoms with van der Waals surface area (Å²) in [5.41, 5.74) is -1.85. The van der Waals surface area contributed by atoms with Crippen molar-refractivity contribution in [1.82, 2.24) is 14.6 Å². The predicted molar refractivity (Wildman–Crippen MR) is 204 cm³/mol. The minimum Gasteiger partial charge on any atom is -0.379 e. The molecule has 3 aliphatic rings. The first-order valence-electron chi connectivity index (χ1n) is 15.5. The summed E-state index contributed by atoms with van der Waals surface area (Å²) in [5, 5.41) is -2.15. The smallest absolute Gasteiger partial charge is 0.267 e. The Hall–Kier alpha value is -2.30. The van der Waals surface area contributed by atoms with Crippen molar-refractivity contribution < 1.29 is 32.3 Å². The number of ketones is 2. The third-order valence-corrected chi connectivity index (χ3v) is 14.1. The summed E-state index contributed by atoms with van der Waals surface area (Å²) in [5.74, 6) is -5.19. The highest BCUT2D eigenvalue weighted by Gasteiger charge is 2.46. The van der Waals surface area contributed by atoms with E-state index in [-0.39, 0.29) is 96.2 Å². The highest BCUT2D eigenvalue weighted by Crippen LogP contribution is 2.49. The van der Waals surface area contributed by atoms with Gasteiger partial charge in [-0.15, -0.1) is 0 Å². The van der Waals surface area contributed by atoms with Gasteiger partial charge in [-0.25, -0.2) is 23.0 Å². The maximum absolute atomic E-state index is 14.0. The molecule has 53 heavy (non-hydrogen) atoms.